The molecule has 2 heterocycles. The Morgan fingerprint density at radius 1 is 1.31 bits per heavy atom. The summed E-state index contributed by atoms with van der Waals surface area (Å²) in [6.07, 6.45) is 2.84. The molecule has 1 N–H and O–H groups in total. The van der Waals surface area contributed by atoms with E-state index in [-0.39, 0.29) is 24.5 Å². The fraction of sp³-hybridized carbons (Fsp3) is 0.611. The fourth-order valence-electron chi connectivity index (χ4n) is 3.39. The van der Waals surface area contributed by atoms with E-state index in [0.717, 1.165) is 18.4 Å². The second-order valence-corrected chi connectivity index (χ2v) is 8.82. The maximum Gasteiger partial charge on any atom is 0.238 e. The number of benzene rings is 1. The van der Waals surface area contributed by atoms with Gasteiger partial charge in [-0.3, -0.25) is 4.79 Å². The summed E-state index contributed by atoms with van der Waals surface area (Å²) < 4.78 is 36.6. The van der Waals surface area contributed by atoms with Crippen molar-refractivity contribution >= 4 is 15.9 Å². The molecule has 0 aromatic heterocycles. The van der Waals surface area contributed by atoms with Crippen molar-refractivity contribution in [1.29, 1.82) is 0 Å². The summed E-state index contributed by atoms with van der Waals surface area (Å²) in [5.74, 6) is 1.24. The molecule has 26 heavy (non-hydrogen) atoms. The summed E-state index contributed by atoms with van der Waals surface area (Å²) in [7, 11) is -3.33. The van der Waals surface area contributed by atoms with Gasteiger partial charge in [-0.1, -0.05) is 25.8 Å². The Morgan fingerprint density at radius 2 is 2.08 bits per heavy atom. The molecule has 1 aromatic carbocycles. The molecule has 1 amide bonds. The number of hydrogen-bond donors (Lipinski definition) is 1. The quantitative estimate of drug-likeness (QED) is 0.781. The van der Waals surface area contributed by atoms with Crippen LogP contribution in [0.2, 0.25) is 0 Å². The van der Waals surface area contributed by atoms with Gasteiger partial charge in [0.1, 0.15) is 6.04 Å². The zero-order valence-electron chi connectivity index (χ0n) is 15.2. The van der Waals surface area contributed by atoms with Gasteiger partial charge in [-0.05, 0) is 37.5 Å². The molecule has 1 saturated heterocycles. The van der Waals surface area contributed by atoms with E-state index in [9.17, 15) is 13.2 Å². The van der Waals surface area contributed by atoms with Crippen LogP contribution in [0.4, 0.5) is 0 Å². The number of sulfonamides is 1. The number of ether oxygens (including phenoxy) is 2. The van der Waals surface area contributed by atoms with Gasteiger partial charge in [0, 0.05) is 6.54 Å². The first-order chi connectivity index (χ1) is 12.4. The number of amides is 1. The predicted molar refractivity (Wildman–Crippen MR) is 97.5 cm³/mol. The van der Waals surface area contributed by atoms with Gasteiger partial charge >= 0.3 is 0 Å². The summed E-state index contributed by atoms with van der Waals surface area (Å²) >= 11 is 0. The summed E-state index contributed by atoms with van der Waals surface area (Å²) in [5.41, 5.74) is 0.890. The maximum atomic E-state index is 12.9. The molecule has 0 aliphatic carbocycles. The number of carbonyl (C=O) groups is 1. The number of unbranched alkanes of at least 4 members (excludes halogenated alkanes) is 1. The van der Waals surface area contributed by atoms with Gasteiger partial charge in [0.05, 0.1) is 11.8 Å². The second kappa shape index (κ2) is 7.84. The van der Waals surface area contributed by atoms with Gasteiger partial charge < -0.3 is 14.8 Å². The van der Waals surface area contributed by atoms with Crippen molar-refractivity contribution in [2.24, 2.45) is 0 Å². The smallest absolute Gasteiger partial charge is 0.238 e. The molecule has 0 spiro atoms. The lowest BCUT2D eigenvalue weighted by atomic mass is 10.1. The highest BCUT2D eigenvalue weighted by Gasteiger charge is 2.38. The highest BCUT2D eigenvalue weighted by Crippen LogP contribution is 2.34. The maximum absolute atomic E-state index is 12.9. The molecule has 7 nitrogen and oxygen atoms in total. The monoisotopic (exact) mass is 382 g/mol. The Balaban J connectivity index is 1.72. The second-order valence-electron chi connectivity index (χ2n) is 6.78. The molecule has 8 heteroatoms. The van der Waals surface area contributed by atoms with Crippen molar-refractivity contribution in [3.8, 4) is 11.5 Å². The Bertz CT molecular complexity index is 765. The molecule has 1 aromatic rings. The standard InChI is InChI=1S/C18H26N2O5S/c1-3-4-6-15(20-9-5-10-26(20,22)23)18(21)19-13(2)14-7-8-16-17(11-14)25-12-24-16/h7-8,11,13,15H,3-6,9-10,12H2,1-2H3,(H,19,21). The van der Waals surface area contributed by atoms with Gasteiger partial charge in [-0.25, -0.2) is 8.42 Å². The number of rotatable bonds is 7. The van der Waals surface area contributed by atoms with E-state index in [4.69, 9.17) is 9.47 Å². The normalized spacial score (nSPS) is 20.7. The molecule has 2 aliphatic heterocycles. The van der Waals surface area contributed by atoms with E-state index in [2.05, 4.69) is 5.32 Å². The topological polar surface area (TPSA) is 84.9 Å². The lowest BCUT2D eigenvalue weighted by molar-refractivity contribution is -0.125. The molecule has 2 atom stereocenters. The minimum atomic E-state index is -3.33. The van der Waals surface area contributed by atoms with E-state index in [1.807, 2.05) is 32.0 Å². The Hall–Kier alpha value is -1.80. The highest BCUT2D eigenvalue weighted by atomic mass is 32.2. The van der Waals surface area contributed by atoms with Gasteiger partial charge in [-0.2, -0.15) is 4.31 Å². The molecule has 2 unspecified atom stereocenters. The van der Waals surface area contributed by atoms with E-state index < -0.39 is 16.1 Å². The molecule has 0 radical (unpaired) electrons. The lowest BCUT2D eigenvalue weighted by Gasteiger charge is -2.27. The number of hydrogen-bond acceptors (Lipinski definition) is 5. The minimum Gasteiger partial charge on any atom is -0.454 e. The van der Waals surface area contributed by atoms with Crippen LogP contribution in [-0.2, 0) is 14.8 Å². The van der Waals surface area contributed by atoms with Crippen LogP contribution in [0.3, 0.4) is 0 Å². The first-order valence-corrected chi connectivity index (χ1v) is 10.7. The third-order valence-corrected chi connectivity index (χ3v) is 6.83. The Labute approximate surface area is 154 Å². The van der Waals surface area contributed by atoms with Crippen molar-refractivity contribution in [2.45, 2.75) is 51.6 Å². The van der Waals surface area contributed by atoms with Crippen molar-refractivity contribution in [3.05, 3.63) is 23.8 Å². The first-order valence-electron chi connectivity index (χ1n) is 9.12. The van der Waals surface area contributed by atoms with Crippen molar-refractivity contribution in [3.63, 3.8) is 0 Å². The molecular formula is C18H26N2O5S. The van der Waals surface area contributed by atoms with E-state index in [1.54, 1.807) is 0 Å². The number of fused-ring (bicyclic) bond motifs is 1. The van der Waals surface area contributed by atoms with Gasteiger partial charge in [0.2, 0.25) is 22.7 Å². The van der Waals surface area contributed by atoms with Crippen LogP contribution in [0.25, 0.3) is 0 Å². The molecule has 0 saturated carbocycles. The first kappa shape index (κ1) is 19.0. The molecule has 2 aliphatic rings. The molecular weight excluding hydrogens is 356 g/mol. The van der Waals surface area contributed by atoms with Crippen molar-refractivity contribution in [1.82, 2.24) is 9.62 Å². The molecule has 0 bridgehead atoms. The molecule has 1 fully saturated rings. The number of nitrogens with one attached hydrogen (secondary N) is 1. The summed E-state index contributed by atoms with van der Waals surface area (Å²) in [6, 6.07) is 4.65. The van der Waals surface area contributed by atoms with Crippen molar-refractivity contribution < 1.29 is 22.7 Å². The van der Waals surface area contributed by atoms with Crippen LogP contribution in [0.15, 0.2) is 18.2 Å². The summed E-state index contributed by atoms with van der Waals surface area (Å²) in [4.78, 5) is 12.9. The zero-order valence-corrected chi connectivity index (χ0v) is 16.0. The molecule has 144 valence electrons. The third kappa shape index (κ3) is 3.96. The van der Waals surface area contributed by atoms with Gasteiger partial charge in [-0.15, -0.1) is 0 Å². The van der Waals surface area contributed by atoms with Gasteiger partial charge in [0.25, 0.3) is 0 Å². The zero-order chi connectivity index (χ0) is 18.7. The van der Waals surface area contributed by atoms with E-state index in [0.29, 0.717) is 30.9 Å². The average Bonchev–Trinajstić information content (AvgIpc) is 3.20. The fourth-order valence-corrected chi connectivity index (χ4v) is 5.11. The van der Waals surface area contributed by atoms with Crippen LogP contribution in [-0.4, -0.2) is 43.8 Å². The van der Waals surface area contributed by atoms with Crippen LogP contribution >= 0.6 is 0 Å². The SMILES string of the molecule is CCCCC(C(=O)NC(C)c1ccc2c(c1)OCO2)N1CCCS1(=O)=O. The van der Waals surface area contributed by atoms with Crippen LogP contribution in [0.5, 0.6) is 11.5 Å². The van der Waals surface area contributed by atoms with Crippen molar-refractivity contribution in [2.75, 3.05) is 19.1 Å². The van der Waals surface area contributed by atoms with Crippen LogP contribution < -0.4 is 14.8 Å². The van der Waals surface area contributed by atoms with E-state index >= 15 is 0 Å². The van der Waals surface area contributed by atoms with E-state index in [1.165, 1.54) is 4.31 Å². The number of nitrogens with zero attached hydrogens (tertiary/aromatic N) is 1. The predicted octanol–water partition coefficient (Wildman–Crippen LogP) is 2.19. The highest BCUT2D eigenvalue weighted by molar-refractivity contribution is 7.89. The third-order valence-electron chi connectivity index (χ3n) is 4.87. The molecule has 3 rings (SSSR count). The van der Waals surface area contributed by atoms with Gasteiger partial charge in [0.15, 0.2) is 11.5 Å². The summed E-state index contributed by atoms with van der Waals surface area (Å²) in [5, 5.41) is 2.97. The Morgan fingerprint density at radius 3 is 2.77 bits per heavy atom. The van der Waals surface area contributed by atoms with Crippen LogP contribution in [0, 0.1) is 0 Å². The number of carbonyl (C=O) groups excluding carboxylic acids is 1. The van der Waals surface area contributed by atoms with Crippen LogP contribution in [0.1, 0.15) is 51.1 Å². The lowest BCUT2D eigenvalue weighted by Crippen LogP contribution is -2.48. The minimum absolute atomic E-state index is 0.126. The largest absolute Gasteiger partial charge is 0.454 e. The summed E-state index contributed by atoms with van der Waals surface area (Å²) in [6.45, 7) is 4.53. The average molecular weight is 382 g/mol. The Kier molecular flexibility index (Phi) is 5.72.